The number of rotatable bonds is 2. The van der Waals surface area contributed by atoms with Gasteiger partial charge in [-0.15, -0.1) is 0 Å². The van der Waals surface area contributed by atoms with Crippen molar-refractivity contribution in [2.45, 2.75) is 40.5 Å². The Balaban J connectivity index is 0.000000771. The van der Waals surface area contributed by atoms with Crippen molar-refractivity contribution in [3.05, 3.63) is 70.8 Å². The molecule has 18 heavy (non-hydrogen) atoms. The van der Waals surface area contributed by atoms with E-state index < -0.39 is 0 Å². The molecule has 0 N–H and O–H groups in total. The summed E-state index contributed by atoms with van der Waals surface area (Å²) >= 11 is 0. The highest BCUT2D eigenvalue weighted by Crippen LogP contribution is 2.25. The van der Waals surface area contributed by atoms with Gasteiger partial charge in [-0.2, -0.15) is 0 Å². The van der Waals surface area contributed by atoms with Crippen LogP contribution >= 0.6 is 0 Å². The fourth-order valence-electron chi connectivity index (χ4n) is 2.07. The van der Waals surface area contributed by atoms with Gasteiger partial charge in [0.25, 0.3) is 0 Å². The van der Waals surface area contributed by atoms with Crippen molar-refractivity contribution in [2.24, 2.45) is 0 Å². The van der Waals surface area contributed by atoms with E-state index in [-0.39, 0.29) is 0 Å². The van der Waals surface area contributed by atoms with E-state index in [2.05, 4.69) is 69.3 Å². The Hall–Kier alpha value is -1.56. The minimum Gasteiger partial charge on any atom is -0.0683 e. The maximum absolute atomic E-state index is 2.27. The fraction of sp³-hybridized carbons (Fsp3) is 0.333. The normalized spacial score (nSPS) is 9.89. The predicted octanol–water partition coefficient (Wildman–Crippen LogP) is 5.48. The SMILES string of the molecule is CC.Cc1cccc(C(C)c2cccc(C)c2)c1. The van der Waals surface area contributed by atoms with Crippen LogP contribution in [0, 0.1) is 13.8 Å². The highest BCUT2D eigenvalue weighted by atomic mass is 14.1. The molecule has 0 aliphatic heterocycles. The van der Waals surface area contributed by atoms with E-state index in [0.29, 0.717) is 5.92 Å². The van der Waals surface area contributed by atoms with Gasteiger partial charge in [-0.3, -0.25) is 0 Å². The summed E-state index contributed by atoms with van der Waals surface area (Å²) in [6.07, 6.45) is 0. The van der Waals surface area contributed by atoms with Crippen LogP contribution in [-0.4, -0.2) is 0 Å². The summed E-state index contributed by atoms with van der Waals surface area (Å²) in [5.74, 6) is 0.472. The van der Waals surface area contributed by atoms with E-state index in [1.807, 2.05) is 13.8 Å². The van der Waals surface area contributed by atoms with Gasteiger partial charge in [-0.25, -0.2) is 0 Å². The largest absolute Gasteiger partial charge is 0.0683 e. The first-order chi connectivity index (χ1) is 8.66. The van der Waals surface area contributed by atoms with Crippen molar-refractivity contribution < 1.29 is 0 Å². The third kappa shape index (κ3) is 3.73. The standard InChI is InChI=1S/C16H18.C2H6/c1-12-6-4-8-15(10-12)14(3)16-9-5-7-13(2)11-16;1-2/h4-11,14H,1-3H3;1-2H3. The average molecular weight is 240 g/mol. The summed E-state index contributed by atoms with van der Waals surface area (Å²) in [6.45, 7) is 10.6. The zero-order valence-electron chi connectivity index (χ0n) is 12.2. The van der Waals surface area contributed by atoms with E-state index in [9.17, 15) is 0 Å². The molecular formula is C18H24. The molecule has 96 valence electrons. The third-order valence-corrected chi connectivity index (χ3v) is 3.08. The van der Waals surface area contributed by atoms with Crippen LogP contribution in [0.4, 0.5) is 0 Å². The molecule has 0 amide bonds. The van der Waals surface area contributed by atoms with Crippen LogP contribution in [0.3, 0.4) is 0 Å². The van der Waals surface area contributed by atoms with Gasteiger partial charge in [0.05, 0.1) is 0 Å². The smallest absolute Gasteiger partial charge is 0.00612 e. The molecule has 0 atom stereocenters. The number of hydrogen-bond acceptors (Lipinski definition) is 0. The molecular weight excluding hydrogens is 216 g/mol. The molecule has 0 spiro atoms. The van der Waals surface area contributed by atoms with Crippen molar-refractivity contribution in [1.29, 1.82) is 0 Å². The predicted molar refractivity (Wildman–Crippen MR) is 81.2 cm³/mol. The second-order valence-electron chi connectivity index (χ2n) is 4.55. The Labute approximate surface area is 112 Å². The van der Waals surface area contributed by atoms with Crippen molar-refractivity contribution >= 4 is 0 Å². The second kappa shape index (κ2) is 7.00. The molecule has 0 aliphatic carbocycles. The van der Waals surface area contributed by atoms with Crippen LogP contribution in [0.5, 0.6) is 0 Å². The van der Waals surface area contributed by atoms with Crippen molar-refractivity contribution in [2.75, 3.05) is 0 Å². The average Bonchev–Trinajstić information content (AvgIpc) is 2.40. The molecule has 0 unspecified atom stereocenters. The van der Waals surface area contributed by atoms with Crippen LogP contribution in [-0.2, 0) is 0 Å². The zero-order valence-corrected chi connectivity index (χ0v) is 12.2. The van der Waals surface area contributed by atoms with Crippen LogP contribution in [0.25, 0.3) is 0 Å². The maximum Gasteiger partial charge on any atom is 0.00612 e. The quantitative estimate of drug-likeness (QED) is 0.652. The lowest BCUT2D eigenvalue weighted by molar-refractivity contribution is 0.918. The highest BCUT2D eigenvalue weighted by Gasteiger charge is 2.07. The van der Waals surface area contributed by atoms with Crippen LogP contribution < -0.4 is 0 Å². The van der Waals surface area contributed by atoms with E-state index in [4.69, 9.17) is 0 Å². The topological polar surface area (TPSA) is 0 Å². The number of aryl methyl sites for hydroxylation is 2. The Morgan fingerprint density at radius 1 is 0.722 bits per heavy atom. The molecule has 2 aromatic rings. The summed E-state index contributed by atoms with van der Waals surface area (Å²) in [5.41, 5.74) is 5.45. The molecule has 0 nitrogen and oxygen atoms in total. The molecule has 0 radical (unpaired) electrons. The van der Waals surface area contributed by atoms with Crippen molar-refractivity contribution in [3.8, 4) is 0 Å². The van der Waals surface area contributed by atoms with Crippen LogP contribution in [0.2, 0.25) is 0 Å². The first kappa shape index (κ1) is 14.5. The minimum absolute atomic E-state index is 0.472. The molecule has 0 aliphatic rings. The summed E-state index contributed by atoms with van der Waals surface area (Å²) < 4.78 is 0. The van der Waals surface area contributed by atoms with Gasteiger partial charge in [-0.1, -0.05) is 80.4 Å². The zero-order chi connectivity index (χ0) is 13.5. The molecule has 0 aromatic heterocycles. The Morgan fingerprint density at radius 3 is 1.44 bits per heavy atom. The summed E-state index contributed by atoms with van der Waals surface area (Å²) in [5, 5.41) is 0. The maximum atomic E-state index is 2.27. The summed E-state index contributed by atoms with van der Waals surface area (Å²) in [7, 11) is 0. The lowest BCUT2D eigenvalue weighted by Crippen LogP contribution is -1.96. The lowest BCUT2D eigenvalue weighted by Gasteiger charge is -2.13. The summed E-state index contributed by atoms with van der Waals surface area (Å²) in [4.78, 5) is 0. The van der Waals surface area contributed by atoms with Gasteiger partial charge in [0.15, 0.2) is 0 Å². The van der Waals surface area contributed by atoms with Gasteiger partial charge in [-0.05, 0) is 25.0 Å². The van der Waals surface area contributed by atoms with Gasteiger partial charge in [0.2, 0.25) is 0 Å². The molecule has 0 heterocycles. The van der Waals surface area contributed by atoms with E-state index in [0.717, 1.165) is 0 Å². The number of hydrogen-bond donors (Lipinski definition) is 0. The molecule has 0 heteroatoms. The monoisotopic (exact) mass is 240 g/mol. The van der Waals surface area contributed by atoms with Crippen molar-refractivity contribution in [1.82, 2.24) is 0 Å². The molecule has 2 rings (SSSR count). The molecule has 0 saturated heterocycles. The van der Waals surface area contributed by atoms with Gasteiger partial charge >= 0.3 is 0 Å². The van der Waals surface area contributed by atoms with E-state index >= 15 is 0 Å². The molecule has 2 aromatic carbocycles. The van der Waals surface area contributed by atoms with Gasteiger partial charge in [0.1, 0.15) is 0 Å². The van der Waals surface area contributed by atoms with Gasteiger partial charge < -0.3 is 0 Å². The third-order valence-electron chi connectivity index (χ3n) is 3.08. The highest BCUT2D eigenvalue weighted by molar-refractivity contribution is 5.35. The van der Waals surface area contributed by atoms with Crippen molar-refractivity contribution in [3.63, 3.8) is 0 Å². The van der Waals surface area contributed by atoms with Crippen LogP contribution in [0.1, 0.15) is 48.9 Å². The second-order valence-corrected chi connectivity index (χ2v) is 4.55. The molecule has 0 saturated carbocycles. The minimum atomic E-state index is 0.472. The number of benzene rings is 2. The van der Waals surface area contributed by atoms with E-state index in [1.54, 1.807) is 0 Å². The first-order valence-corrected chi connectivity index (χ1v) is 6.80. The van der Waals surface area contributed by atoms with E-state index in [1.165, 1.54) is 22.3 Å². The molecule has 0 fully saturated rings. The Kier molecular flexibility index (Phi) is 5.64. The summed E-state index contributed by atoms with van der Waals surface area (Å²) in [6, 6.07) is 17.5. The first-order valence-electron chi connectivity index (χ1n) is 6.80. The lowest BCUT2D eigenvalue weighted by atomic mass is 9.91. The Bertz CT molecular complexity index is 437. The fourth-order valence-corrected chi connectivity index (χ4v) is 2.07. The Morgan fingerprint density at radius 2 is 1.11 bits per heavy atom. The van der Waals surface area contributed by atoms with Gasteiger partial charge in [0, 0.05) is 5.92 Å². The van der Waals surface area contributed by atoms with Crippen LogP contribution in [0.15, 0.2) is 48.5 Å². The molecule has 0 bridgehead atoms.